The molecule has 142 valence electrons. The number of ether oxygens (including phenoxy) is 1. The zero-order valence-electron chi connectivity index (χ0n) is 15.9. The molecule has 3 aromatic heterocycles. The summed E-state index contributed by atoms with van der Waals surface area (Å²) in [4.78, 5) is 20.0. The van der Waals surface area contributed by atoms with Gasteiger partial charge >= 0.3 is 0 Å². The van der Waals surface area contributed by atoms with Crippen molar-refractivity contribution in [3.63, 3.8) is 0 Å². The van der Waals surface area contributed by atoms with E-state index in [9.17, 15) is 0 Å². The van der Waals surface area contributed by atoms with Gasteiger partial charge in [-0.15, -0.1) is 0 Å². The lowest BCUT2D eigenvalue weighted by Gasteiger charge is -2.19. The first-order chi connectivity index (χ1) is 13.8. The van der Waals surface area contributed by atoms with Crippen LogP contribution in [0.4, 0.5) is 5.95 Å². The summed E-state index contributed by atoms with van der Waals surface area (Å²) in [5, 5.41) is 0. The van der Waals surface area contributed by atoms with Crippen molar-refractivity contribution in [1.82, 2.24) is 19.9 Å². The van der Waals surface area contributed by atoms with Gasteiger partial charge in [-0.1, -0.05) is 6.92 Å². The first-order valence-corrected chi connectivity index (χ1v) is 9.87. The first kappa shape index (κ1) is 17.1. The molecule has 4 heterocycles. The van der Waals surface area contributed by atoms with Crippen molar-refractivity contribution in [3.05, 3.63) is 60.8 Å². The molecular weight excluding hydrogens is 350 g/mol. The van der Waals surface area contributed by atoms with Gasteiger partial charge in [-0.3, -0.25) is 9.97 Å². The SMILES string of the molecule is CCc1cnc(N2CC3C(COc4ccc(-c5cccnc5)nc4)[C@@H]3C2)nc1. The van der Waals surface area contributed by atoms with Gasteiger partial charge in [-0.05, 0) is 48.1 Å². The predicted molar refractivity (Wildman–Crippen MR) is 107 cm³/mol. The number of rotatable bonds is 6. The molecule has 2 fully saturated rings. The van der Waals surface area contributed by atoms with Gasteiger partial charge in [0.25, 0.3) is 0 Å². The Kier molecular flexibility index (Phi) is 4.39. The number of pyridine rings is 2. The Hall–Kier alpha value is -3.02. The second-order valence-corrected chi connectivity index (χ2v) is 7.57. The van der Waals surface area contributed by atoms with Crippen molar-refractivity contribution >= 4 is 5.95 Å². The number of fused-ring (bicyclic) bond motifs is 1. The van der Waals surface area contributed by atoms with E-state index in [4.69, 9.17) is 4.74 Å². The van der Waals surface area contributed by atoms with E-state index in [-0.39, 0.29) is 0 Å². The third kappa shape index (κ3) is 3.30. The van der Waals surface area contributed by atoms with E-state index in [1.54, 1.807) is 12.4 Å². The van der Waals surface area contributed by atoms with E-state index < -0.39 is 0 Å². The average Bonchev–Trinajstić information content (AvgIpc) is 3.22. The van der Waals surface area contributed by atoms with Crippen LogP contribution in [-0.2, 0) is 6.42 Å². The molecule has 2 aliphatic rings. The van der Waals surface area contributed by atoms with Crippen LogP contribution in [0.3, 0.4) is 0 Å². The molecular formula is C22H23N5O. The Labute approximate surface area is 164 Å². The molecule has 3 atom stereocenters. The third-order valence-electron chi connectivity index (χ3n) is 5.89. The molecule has 1 saturated carbocycles. The van der Waals surface area contributed by atoms with Crippen molar-refractivity contribution in [2.24, 2.45) is 17.8 Å². The van der Waals surface area contributed by atoms with Crippen LogP contribution in [0.5, 0.6) is 5.75 Å². The Morgan fingerprint density at radius 3 is 2.46 bits per heavy atom. The molecule has 6 nitrogen and oxygen atoms in total. The highest BCUT2D eigenvalue weighted by Crippen LogP contribution is 2.52. The number of aromatic nitrogens is 4. The maximum Gasteiger partial charge on any atom is 0.225 e. The summed E-state index contributed by atoms with van der Waals surface area (Å²) >= 11 is 0. The average molecular weight is 373 g/mol. The van der Waals surface area contributed by atoms with Crippen LogP contribution in [0.25, 0.3) is 11.3 Å². The molecule has 0 spiro atoms. The van der Waals surface area contributed by atoms with Crippen LogP contribution in [0, 0.1) is 17.8 Å². The molecule has 6 heteroatoms. The minimum absolute atomic E-state index is 0.629. The van der Waals surface area contributed by atoms with E-state index in [1.165, 1.54) is 5.56 Å². The zero-order valence-corrected chi connectivity index (χ0v) is 15.9. The van der Waals surface area contributed by atoms with Gasteiger partial charge in [0, 0.05) is 49.4 Å². The maximum atomic E-state index is 6.00. The Balaban J connectivity index is 1.13. The van der Waals surface area contributed by atoms with Gasteiger partial charge in [0.05, 0.1) is 18.5 Å². The van der Waals surface area contributed by atoms with Crippen molar-refractivity contribution in [2.75, 3.05) is 24.6 Å². The molecule has 1 saturated heterocycles. The van der Waals surface area contributed by atoms with Gasteiger partial charge in [-0.25, -0.2) is 9.97 Å². The predicted octanol–water partition coefficient (Wildman–Crippen LogP) is 3.26. The molecule has 28 heavy (non-hydrogen) atoms. The Bertz CT molecular complexity index is 917. The molecule has 1 aliphatic heterocycles. The van der Waals surface area contributed by atoms with Gasteiger partial charge < -0.3 is 9.64 Å². The van der Waals surface area contributed by atoms with Crippen LogP contribution in [0.1, 0.15) is 12.5 Å². The van der Waals surface area contributed by atoms with Crippen LogP contribution < -0.4 is 9.64 Å². The fourth-order valence-corrected chi connectivity index (χ4v) is 4.10. The Morgan fingerprint density at radius 1 is 1.00 bits per heavy atom. The van der Waals surface area contributed by atoms with Crippen molar-refractivity contribution in [2.45, 2.75) is 13.3 Å². The summed E-state index contributed by atoms with van der Waals surface area (Å²) in [6.07, 6.45) is 10.2. The molecule has 2 unspecified atom stereocenters. The highest BCUT2D eigenvalue weighted by Gasteiger charge is 2.56. The minimum atomic E-state index is 0.629. The monoisotopic (exact) mass is 373 g/mol. The molecule has 3 aromatic rings. The van der Waals surface area contributed by atoms with Crippen LogP contribution >= 0.6 is 0 Å². The highest BCUT2D eigenvalue weighted by molar-refractivity contribution is 5.57. The number of hydrogen-bond donors (Lipinski definition) is 0. The van der Waals surface area contributed by atoms with Crippen molar-refractivity contribution in [1.29, 1.82) is 0 Å². The van der Waals surface area contributed by atoms with Crippen LogP contribution in [0.15, 0.2) is 55.2 Å². The fraction of sp³-hybridized carbons (Fsp3) is 0.364. The standard InChI is InChI=1S/C22H23N5O/c1-2-15-8-25-22(26-9-15)27-12-18-19(13-27)20(18)14-28-17-5-6-21(24-11-17)16-4-3-7-23-10-16/h3-11,18-20H,2,12-14H2,1H3/t18-,19?,20?/m1/s1. The Morgan fingerprint density at radius 2 is 1.82 bits per heavy atom. The molecule has 0 bridgehead atoms. The second kappa shape index (κ2) is 7.19. The molecule has 0 radical (unpaired) electrons. The zero-order chi connectivity index (χ0) is 18.9. The first-order valence-electron chi connectivity index (χ1n) is 9.87. The lowest BCUT2D eigenvalue weighted by atomic mass is 10.2. The summed E-state index contributed by atoms with van der Waals surface area (Å²) in [6, 6.07) is 7.90. The smallest absolute Gasteiger partial charge is 0.225 e. The molecule has 5 rings (SSSR count). The number of aryl methyl sites for hydroxylation is 1. The summed E-state index contributed by atoms with van der Waals surface area (Å²) in [6.45, 7) is 4.94. The summed E-state index contributed by atoms with van der Waals surface area (Å²) < 4.78 is 6.00. The largest absolute Gasteiger partial charge is 0.492 e. The summed E-state index contributed by atoms with van der Waals surface area (Å²) in [7, 11) is 0. The van der Waals surface area contributed by atoms with E-state index >= 15 is 0 Å². The number of hydrogen-bond acceptors (Lipinski definition) is 6. The molecule has 0 N–H and O–H groups in total. The number of nitrogens with zero attached hydrogens (tertiary/aromatic N) is 5. The molecule has 0 amide bonds. The molecule has 0 aromatic carbocycles. The molecule has 1 aliphatic carbocycles. The topological polar surface area (TPSA) is 64.0 Å². The quantitative estimate of drug-likeness (QED) is 0.661. The van der Waals surface area contributed by atoms with E-state index in [0.29, 0.717) is 17.8 Å². The number of piperidine rings is 1. The van der Waals surface area contributed by atoms with E-state index in [1.807, 2.05) is 42.9 Å². The second-order valence-electron chi connectivity index (χ2n) is 7.57. The van der Waals surface area contributed by atoms with Crippen LogP contribution in [0.2, 0.25) is 0 Å². The lowest BCUT2D eigenvalue weighted by Crippen LogP contribution is -2.27. The van der Waals surface area contributed by atoms with Crippen LogP contribution in [-0.4, -0.2) is 39.6 Å². The third-order valence-corrected chi connectivity index (χ3v) is 5.89. The highest BCUT2D eigenvalue weighted by atomic mass is 16.5. The summed E-state index contributed by atoms with van der Waals surface area (Å²) in [5.74, 6) is 3.70. The van der Waals surface area contributed by atoms with Crippen molar-refractivity contribution in [3.8, 4) is 17.0 Å². The van der Waals surface area contributed by atoms with E-state index in [0.717, 1.165) is 49.1 Å². The van der Waals surface area contributed by atoms with Crippen molar-refractivity contribution < 1.29 is 4.74 Å². The lowest BCUT2D eigenvalue weighted by molar-refractivity contribution is 0.282. The number of anilines is 1. The van der Waals surface area contributed by atoms with Gasteiger partial charge in [0.15, 0.2) is 0 Å². The van der Waals surface area contributed by atoms with Gasteiger partial charge in [-0.2, -0.15) is 0 Å². The van der Waals surface area contributed by atoms with Gasteiger partial charge in [0.1, 0.15) is 5.75 Å². The van der Waals surface area contributed by atoms with E-state index in [2.05, 4.69) is 31.8 Å². The normalized spacial score (nSPS) is 22.8. The fourth-order valence-electron chi connectivity index (χ4n) is 4.10. The minimum Gasteiger partial charge on any atom is -0.492 e. The summed E-state index contributed by atoms with van der Waals surface area (Å²) in [5.41, 5.74) is 3.11. The maximum absolute atomic E-state index is 6.00. The van der Waals surface area contributed by atoms with Gasteiger partial charge in [0.2, 0.25) is 5.95 Å².